The van der Waals surface area contributed by atoms with Gasteiger partial charge in [-0.1, -0.05) is 12.1 Å². The molecule has 0 amide bonds. The number of halogens is 2. The molecule has 0 saturated carbocycles. The molecular formula is C15H15Br2NO2. The average molecular weight is 401 g/mol. The van der Waals surface area contributed by atoms with E-state index >= 15 is 0 Å². The largest absolute Gasteiger partial charge is 0.506 e. The molecule has 0 radical (unpaired) electrons. The van der Waals surface area contributed by atoms with Crippen LogP contribution < -0.4 is 10.1 Å². The Morgan fingerprint density at radius 1 is 1.00 bits per heavy atom. The van der Waals surface area contributed by atoms with E-state index < -0.39 is 0 Å². The highest BCUT2D eigenvalue weighted by molar-refractivity contribution is 9.11. The van der Waals surface area contributed by atoms with Crippen molar-refractivity contribution in [3.8, 4) is 11.5 Å². The molecule has 0 saturated heterocycles. The normalized spacial score (nSPS) is 10.6. The second kappa shape index (κ2) is 7.11. The average Bonchev–Trinajstić information content (AvgIpc) is 2.45. The van der Waals surface area contributed by atoms with Crippen molar-refractivity contribution in [1.82, 2.24) is 5.32 Å². The Hall–Kier alpha value is -1.04. The summed E-state index contributed by atoms with van der Waals surface area (Å²) in [5, 5.41) is 13.0. The molecule has 2 aromatic rings. The maximum absolute atomic E-state index is 9.66. The van der Waals surface area contributed by atoms with Crippen LogP contribution in [0, 0.1) is 0 Å². The molecule has 2 rings (SSSR count). The van der Waals surface area contributed by atoms with E-state index in [9.17, 15) is 5.11 Å². The van der Waals surface area contributed by atoms with Crippen molar-refractivity contribution in [2.24, 2.45) is 0 Å². The van der Waals surface area contributed by atoms with Crippen LogP contribution in [0.5, 0.6) is 11.5 Å². The Morgan fingerprint density at radius 3 is 2.10 bits per heavy atom. The lowest BCUT2D eigenvalue weighted by molar-refractivity contribution is 0.414. The van der Waals surface area contributed by atoms with Crippen molar-refractivity contribution in [2.45, 2.75) is 13.1 Å². The molecule has 0 fully saturated rings. The van der Waals surface area contributed by atoms with Crippen LogP contribution in [0.4, 0.5) is 0 Å². The van der Waals surface area contributed by atoms with E-state index in [1.54, 1.807) is 7.11 Å². The smallest absolute Gasteiger partial charge is 0.143 e. The summed E-state index contributed by atoms with van der Waals surface area (Å²) in [6, 6.07) is 11.8. The number of phenolic OH excluding ortho intramolecular Hbond substituents is 1. The van der Waals surface area contributed by atoms with Crippen LogP contribution in [0.1, 0.15) is 11.1 Å². The van der Waals surface area contributed by atoms with E-state index in [0.29, 0.717) is 8.95 Å². The Morgan fingerprint density at radius 2 is 1.55 bits per heavy atom. The minimum Gasteiger partial charge on any atom is -0.506 e. The zero-order chi connectivity index (χ0) is 14.5. The Bertz CT molecular complexity index is 562. The standard InChI is InChI=1S/C15H15Br2NO2/c1-20-12-4-2-10(3-5-12)8-18-9-11-6-13(16)15(19)14(17)7-11/h2-7,18-19H,8-9H2,1H3. The van der Waals surface area contributed by atoms with E-state index in [4.69, 9.17) is 4.74 Å². The van der Waals surface area contributed by atoms with Gasteiger partial charge in [0.2, 0.25) is 0 Å². The Kier molecular flexibility index (Phi) is 5.46. The SMILES string of the molecule is COc1ccc(CNCc2cc(Br)c(O)c(Br)c2)cc1. The van der Waals surface area contributed by atoms with Gasteiger partial charge in [-0.3, -0.25) is 0 Å². The summed E-state index contributed by atoms with van der Waals surface area (Å²) in [4.78, 5) is 0. The lowest BCUT2D eigenvalue weighted by Gasteiger charge is -2.08. The van der Waals surface area contributed by atoms with Crippen molar-refractivity contribution in [1.29, 1.82) is 0 Å². The van der Waals surface area contributed by atoms with Gasteiger partial charge < -0.3 is 15.2 Å². The molecule has 106 valence electrons. The predicted molar refractivity (Wildman–Crippen MR) is 87.0 cm³/mol. The summed E-state index contributed by atoms with van der Waals surface area (Å²) < 4.78 is 6.50. The first-order valence-electron chi connectivity index (χ1n) is 6.10. The summed E-state index contributed by atoms with van der Waals surface area (Å²) in [6.45, 7) is 1.50. The van der Waals surface area contributed by atoms with Crippen molar-refractivity contribution in [3.63, 3.8) is 0 Å². The number of ether oxygens (including phenoxy) is 1. The first-order valence-corrected chi connectivity index (χ1v) is 7.69. The molecule has 0 heterocycles. The summed E-state index contributed by atoms with van der Waals surface area (Å²) in [5.74, 6) is 1.09. The van der Waals surface area contributed by atoms with Gasteiger partial charge >= 0.3 is 0 Å². The molecule has 0 bridgehead atoms. The molecule has 0 atom stereocenters. The number of rotatable bonds is 5. The quantitative estimate of drug-likeness (QED) is 0.789. The fraction of sp³-hybridized carbons (Fsp3) is 0.200. The highest BCUT2D eigenvalue weighted by atomic mass is 79.9. The molecule has 0 aliphatic rings. The number of phenols is 1. The van der Waals surface area contributed by atoms with Crippen LogP contribution in [-0.2, 0) is 13.1 Å². The molecule has 3 nitrogen and oxygen atoms in total. The molecule has 0 spiro atoms. The molecule has 5 heteroatoms. The zero-order valence-electron chi connectivity index (χ0n) is 11.0. The van der Waals surface area contributed by atoms with Crippen LogP contribution in [-0.4, -0.2) is 12.2 Å². The number of aromatic hydroxyl groups is 1. The fourth-order valence-corrected chi connectivity index (χ4v) is 3.10. The maximum Gasteiger partial charge on any atom is 0.143 e. The van der Waals surface area contributed by atoms with E-state index in [1.807, 2.05) is 36.4 Å². The van der Waals surface area contributed by atoms with Crippen LogP contribution in [0.2, 0.25) is 0 Å². The van der Waals surface area contributed by atoms with Gasteiger partial charge in [-0.15, -0.1) is 0 Å². The van der Waals surface area contributed by atoms with Crippen molar-refractivity contribution in [3.05, 3.63) is 56.5 Å². The Balaban J connectivity index is 1.92. The Labute approximate surface area is 135 Å². The molecule has 2 aromatic carbocycles. The summed E-state index contributed by atoms with van der Waals surface area (Å²) in [6.07, 6.45) is 0. The lowest BCUT2D eigenvalue weighted by Crippen LogP contribution is -2.12. The second-order valence-electron chi connectivity index (χ2n) is 4.36. The van der Waals surface area contributed by atoms with Gasteiger partial charge in [0.1, 0.15) is 11.5 Å². The third-order valence-electron chi connectivity index (χ3n) is 2.89. The van der Waals surface area contributed by atoms with Gasteiger partial charge in [0.25, 0.3) is 0 Å². The second-order valence-corrected chi connectivity index (χ2v) is 6.07. The summed E-state index contributed by atoms with van der Waals surface area (Å²) in [5.41, 5.74) is 2.29. The lowest BCUT2D eigenvalue weighted by atomic mass is 10.2. The summed E-state index contributed by atoms with van der Waals surface area (Å²) in [7, 11) is 1.66. The minimum absolute atomic E-state index is 0.226. The number of hydrogen-bond acceptors (Lipinski definition) is 3. The minimum atomic E-state index is 0.226. The highest BCUT2D eigenvalue weighted by Crippen LogP contribution is 2.33. The van der Waals surface area contributed by atoms with Crippen LogP contribution >= 0.6 is 31.9 Å². The number of nitrogens with one attached hydrogen (secondary N) is 1. The third kappa shape index (κ3) is 3.98. The van der Waals surface area contributed by atoms with Gasteiger partial charge in [0.15, 0.2) is 0 Å². The molecule has 20 heavy (non-hydrogen) atoms. The number of methoxy groups -OCH3 is 1. The van der Waals surface area contributed by atoms with E-state index in [2.05, 4.69) is 37.2 Å². The summed E-state index contributed by atoms with van der Waals surface area (Å²) >= 11 is 6.66. The molecule has 0 aromatic heterocycles. The van der Waals surface area contributed by atoms with Gasteiger partial charge in [-0.25, -0.2) is 0 Å². The topological polar surface area (TPSA) is 41.5 Å². The zero-order valence-corrected chi connectivity index (χ0v) is 14.2. The van der Waals surface area contributed by atoms with Crippen LogP contribution in [0.25, 0.3) is 0 Å². The van der Waals surface area contributed by atoms with E-state index in [0.717, 1.165) is 24.4 Å². The van der Waals surface area contributed by atoms with E-state index in [-0.39, 0.29) is 5.75 Å². The van der Waals surface area contributed by atoms with Gasteiger partial charge in [-0.2, -0.15) is 0 Å². The van der Waals surface area contributed by atoms with Crippen molar-refractivity contribution < 1.29 is 9.84 Å². The van der Waals surface area contributed by atoms with Crippen LogP contribution in [0.15, 0.2) is 45.3 Å². The molecular weight excluding hydrogens is 386 g/mol. The monoisotopic (exact) mass is 399 g/mol. The molecule has 0 aliphatic carbocycles. The fourth-order valence-electron chi connectivity index (χ4n) is 1.81. The molecule has 0 unspecified atom stereocenters. The van der Waals surface area contributed by atoms with Crippen molar-refractivity contribution in [2.75, 3.05) is 7.11 Å². The number of hydrogen-bond donors (Lipinski definition) is 2. The third-order valence-corrected chi connectivity index (χ3v) is 4.10. The number of benzene rings is 2. The predicted octanol–water partition coefficient (Wildman–Crippen LogP) is 4.22. The first kappa shape index (κ1) is 15.4. The van der Waals surface area contributed by atoms with Crippen molar-refractivity contribution >= 4 is 31.9 Å². The highest BCUT2D eigenvalue weighted by Gasteiger charge is 2.05. The maximum atomic E-state index is 9.66. The van der Waals surface area contributed by atoms with Gasteiger partial charge in [0.05, 0.1) is 16.1 Å². The van der Waals surface area contributed by atoms with Gasteiger partial charge in [-0.05, 0) is 67.3 Å². The van der Waals surface area contributed by atoms with Gasteiger partial charge in [0, 0.05) is 13.1 Å². The van der Waals surface area contributed by atoms with E-state index in [1.165, 1.54) is 5.56 Å². The molecule has 2 N–H and O–H groups in total. The first-order chi connectivity index (χ1) is 9.60. The van der Waals surface area contributed by atoms with Crippen LogP contribution in [0.3, 0.4) is 0 Å². The molecule has 0 aliphatic heterocycles.